The van der Waals surface area contributed by atoms with Gasteiger partial charge < -0.3 is 20.5 Å². The average Bonchev–Trinajstić information content (AvgIpc) is 2.61. The maximum atomic E-state index is 12.5. The Kier molecular flexibility index (Phi) is 4.97. The first-order chi connectivity index (χ1) is 11.6. The van der Waals surface area contributed by atoms with Crippen LogP contribution in [0.15, 0.2) is 35.1 Å². The number of aromatic nitrogens is 1. The van der Waals surface area contributed by atoms with Gasteiger partial charge >= 0.3 is 0 Å². The van der Waals surface area contributed by atoms with Crippen LogP contribution < -0.4 is 16.6 Å². The Labute approximate surface area is 141 Å². The molecule has 3 rings (SSSR count). The molecule has 6 heteroatoms. The van der Waals surface area contributed by atoms with Crippen LogP contribution in [0.2, 0.25) is 0 Å². The summed E-state index contributed by atoms with van der Waals surface area (Å²) >= 11 is 0. The molecule has 1 fully saturated rings. The molecule has 24 heavy (non-hydrogen) atoms. The monoisotopic (exact) mass is 328 g/mol. The maximum absolute atomic E-state index is 12.5. The van der Waals surface area contributed by atoms with E-state index in [2.05, 4.69) is 10.2 Å². The minimum absolute atomic E-state index is 0.138. The third-order valence-electron chi connectivity index (χ3n) is 4.76. The van der Waals surface area contributed by atoms with Crippen LogP contribution in [0.4, 0.5) is 0 Å². The van der Waals surface area contributed by atoms with E-state index in [1.54, 1.807) is 11.6 Å². The molecule has 0 atom stereocenters. The molecule has 0 unspecified atom stereocenters. The van der Waals surface area contributed by atoms with Gasteiger partial charge in [0.15, 0.2) is 0 Å². The van der Waals surface area contributed by atoms with Gasteiger partial charge in [-0.25, -0.2) is 0 Å². The fraction of sp³-hybridized carbons (Fsp3) is 0.444. The second kappa shape index (κ2) is 7.15. The number of hydrogen-bond acceptors (Lipinski definition) is 4. The number of carbonyl (C=O) groups excluding carboxylic acids is 1. The summed E-state index contributed by atoms with van der Waals surface area (Å²) in [5.74, 6) is -0.236. The number of amides is 1. The minimum atomic E-state index is -0.236. The fourth-order valence-corrected chi connectivity index (χ4v) is 3.31. The summed E-state index contributed by atoms with van der Waals surface area (Å²) in [5, 5.41) is 3.40. The molecule has 1 saturated heterocycles. The predicted octanol–water partition coefficient (Wildman–Crippen LogP) is 0.784. The standard InChI is InChI=1S/C18H24N4O2/c1-20-18(24)15-12-17(23)22(16-5-3-2-4-14(15)16)11-10-21-8-6-13(19)7-9-21/h2-5,12-13H,6-11,19H2,1H3,(H,20,24). The molecule has 0 spiro atoms. The lowest BCUT2D eigenvalue weighted by atomic mass is 10.1. The summed E-state index contributed by atoms with van der Waals surface area (Å²) < 4.78 is 1.76. The number of rotatable bonds is 4. The quantitative estimate of drug-likeness (QED) is 0.869. The van der Waals surface area contributed by atoms with Gasteiger partial charge in [0, 0.05) is 37.6 Å². The second-order valence-electron chi connectivity index (χ2n) is 6.32. The minimum Gasteiger partial charge on any atom is -0.355 e. The summed E-state index contributed by atoms with van der Waals surface area (Å²) in [6.45, 7) is 3.38. The number of fused-ring (bicyclic) bond motifs is 1. The molecular formula is C18H24N4O2. The van der Waals surface area contributed by atoms with E-state index in [1.165, 1.54) is 6.07 Å². The molecule has 1 aromatic carbocycles. The van der Waals surface area contributed by atoms with Crippen molar-refractivity contribution in [2.24, 2.45) is 5.73 Å². The van der Waals surface area contributed by atoms with Crippen molar-refractivity contribution in [2.45, 2.75) is 25.4 Å². The number of para-hydroxylation sites is 1. The van der Waals surface area contributed by atoms with Crippen LogP contribution in [-0.4, -0.2) is 48.1 Å². The largest absolute Gasteiger partial charge is 0.355 e. The molecule has 0 radical (unpaired) electrons. The van der Waals surface area contributed by atoms with E-state index in [0.717, 1.165) is 43.4 Å². The van der Waals surface area contributed by atoms with Crippen molar-refractivity contribution in [1.29, 1.82) is 0 Å². The number of benzene rings is 1. The molecule has 0 saturated carbocycles. The summed E-state index contributed by atoms with van der Waals surface area (Å²) in [6, 6.07) is 9.30. The molecule has 1 aliphatic rings. The van der Waals surface area contributed by atoms with Gasteiger partial charge in [0.2, 0.25) is 0 Å². The number of pyridine rings is 1. The summed E-state index contributed by atoms with van der Waals surface area (Å²) in [6.07, 6.45) is 2.01. The first kappa shape index (κ1) is 16.7. The summed E-state index contributed by atoms with van der Waals surface area (Å²) in [4.78, 5) is 26.9. The Balaban J connectivity index is 1.90. The second-order valence-corrected chi connectivity index (χ2v) is 6.32. The summed E-state index contributed by atoms with van der Waals surface area (Å²) in [7, 11) is 1.57. The zero-order valence-electron chi connectivity index (χ0n) is 14.0. The van der Waals surface area contributed by atoms with Gasteiger partial charge in [-0.05, 0) is 32.0 Å². The SMILES string of the molecule is CNC(=O)c1cc(=O)n(CCN2CCC(N)CC2)c2ccccc12. The van der Waals surface area contributed by atoms with Gasteiger partial charge in [-0.2, -0.15) is 0 Å². The van der Waals surface area contributed by atoms with E-state index in [0.29, 0.717) is 18.2 Å². The third kappa shape index (κ3) is 3.34. The first-order valence-electron chi connectivity index (χ1n) is 8.42. The number of carbonyl (C=O) groups is 1. The lowest BCUT2D eigenvalue weighted by Crippen LogP contribution is -2.41. The smallest absolute Gasteiger partial charge is 0.251 e. The molecule has 2 aromatic rings. The molecule has 0 aliphatic carbocycles. The average molecular weight is 328 g/mol. The number of nitrogens with one attached hydrogen (secondary N) is 1. The van der Waals surface area contributed by atoms with E-state index in [9.17, 15) is 9.59 Å². The fourth-order valence-electron chi connectivity index (χ4n) is 3.31. The Morgan fingerprint density at radius 1 is 1.25 bits per heavy atom. The molecule has 6 nitrogen and oxygen atoms in total. The molecule has 3 N–H and O–H groups in total. The number of piperidine rings is 1. The lowest BCUT2D eigenvalue weighted by Gasteiger charge is -2.30. The van der Waals surface area contributed by atoms with Crippen LogP contribution in [0.25, 0.3) is 10.9 Å². The van der Waals surface area contributed by atoms with Gasteiger partial charge in [-0.3, -0.25) is 9.59 Å². The van der Waals surface area contributed by atoms with Crippen molar-refractivity contribution in [3.8, 4) is 0 Å². The van der Waals surface area contributed by atoms with Crippen LogP contribution in [0.3, 0.4) is 0 Å². The summed E-state index contributed by atoms with van der Waals surface area (Å²) in [5.41, 5.74) is 7.04. The van der Waals surface area contributed by atoms with Crippen LogP contribution >= 0.6 is 0 Å². The van der Waals surface area contributed by atoms with Crippen LogP contribution in [0.1, 0.15) is 23.2 Å². The molecule has 1 aliphatic heterocycles. The molecule has 2 heterocycles. The topological polar surface area (TPSA) is 80.4 Å². The highest BCUT2D eigenvalue weighted by molar-refractivity contribution is 6.05. The van der Waals surface area contributed by atoms with E-state index in [1.807, 2.05) is 24.3 Å². The number of nitrogens with two attached hydrogens (primary N) is 1. The molecule has 1 amide bonds. The van der Waals surface area contributed by atoms with Gasteiger partial charge in [0.1, 0.15) is 0 Å². The van der Waals surface area contributed by atoms with Crippen molar-refractivity contribution in [2.75, 3.05) is 26.7 Å². The Morgan fingerprint density at radius 3 is 2.67 bits per heavy atom. The van der Waals surface area contributed by atoms with Crippen molar-refractivity contribution < 1.29 is 4.79 Å². The first-order valence-corrected chi connectivity index (χ1v) is 8.42. The van der Waals surface area contributed by atoms with E-state index >= 15 is 0 Å². The van der Waals surface area contributed by atoms with Crippen molar-refractivity contribution in [3.05, 3.63) is 46.2 Å². The van der Waals surface area contributed by atoms with Gasteiger partial charge in [-0.15, -0.1) is 0 Å². The zero-order valence-corrected chi connectivity index (χ0v) is 14.0. The lowest BCUT2D eigenvalue weighted by molar-refractivity contribution is 0.0964. The molecule has 1 aromatic heterocycles. The van der Waals surface area contributed by atoms with E-state index in [-0.39, 0.29) is 11.5 Å². The Hall–Kier alpha value is -2.18. The molecule has 128 valence electrons. The number of nitrogens with zero attached hydrogens (tertiary/aromatic N) is 2. The molecular weight excluding hydrogens is 304 g/mol. The van der Waals surface area contributed by atoms with Crippen molar-refractivity contribution >= 4 is 16.8 Å². The van der Waals surface area contributed by atoms with E-state index < -0.39 is 0 Å². The maximum Gasteiger partial charge on any atom is 0.251 e. The zero-order chi connectivity index (χ0) is 17.1. The number of likely N-dealkylation sites (tertiary alicyclic amines) is 1. The van der Waals surface area contributed by atoms with Crippen molar-refractivity contribution in [3.63, 3.8) is 0 Å². The highest BCUT2D eigenvalue weighted by Crippen LogP contribution is 2.17. The highest BCUT2D eigenvalue weighted by Gasteiger charge is 2.17. The third-order valence-corrected chi connectivity index (χ3v) is 4.76. The highest BCUT2D eigenvalue weighted by atomic mass is 16.2. The normalized spacial score (nSPS) is 16.4. The van der Waals surface area contributed by atoms with Crippen LogP contribution in [-0.2, 0) is 6.54 Å². The Bertz CT molecular complexity index is 791. The number of hydrogen-bond donors (Lipinski definition) is 2. The molecule has 0 bridgehead atoms. The van der Waals surface area contributed by atoms with Gasteiger partial charge in [0.25, 0.3) is 11.5 Å². The predicted molar refractivity (Wildman–Crippen MR) is 95.2 cm³/mol. The van der Waals surface area contributed by atoms with Crippen LogP contribution in [0, 0.1) is 0 Å². The van der Waals surface area contributed by atoms with Crippen LogP contribution in [0.5, 0.6) is 0 Å². The Morgan fingerprint density at radius 2 is 1.96 bits per heavy atom. The van der Waals surface area contributed by atoms with Gasteiger partial charge in [-0.1, -0.05) is 18.2 Å². The van der Waals surface area contributed by atoms with Crippen molar-refractivity contribution in [1.82, 2.24) is 14.8 Å². The van der Waals surface area contributed by atoms with E-state index in [4.69, 9.17) is 5.73 Å². The van der Waals surface area contributed by atoms with Gasteiger partial charge in [0.05, 0.1) is 11.1 Å².